The number of halogens is 2. The van der Waals surface area contributed by atoms with Gasteiger partial charge in [-0.3, -0.25) is 9.56 Å². The number of sulfonamides is 2. The van der Waals surface area contributed by atoms with E-state index in [4.69, 9.17) is 16.7 Å². The summed E-state index contributed by atoms with van der Waals surface area (Å²) in [5.74, 6) is -2.85. The number of aromatic carboxylic acids is 1. The van der Waals surface area contributed by atoms with Crippen molar-refractivity contribution in [2.24, 2.45) is 0 Å². The fourth-order valence-electron chi connectivity index (χ4n) is 2.05. The van der Waals surface area contributed by atoms with Crippen LogP contribution in [0.15, 0.2) is 46.2 Å². The third kappa shape index (κ3) is 4.42. The van der Waals surface area contributed by atoms with Gasteiger partial charge in [0.25, 0.3) is 20.0 Å². The van der Waals surface area contributed by atoms with Gasteiger partial charge in [-0.1, -0.05) is 16.1 Å². The summed E-state index contributed by atoms with van der Waals surface area (Å²) in [6.07, 6.45) is 0. The molecule has 2 rings (SSSR count). The van der Waals surface area contributed by atoms with Crippen LogP contribution in [0.25, 0.3) is 0 Å². The first-order chi connectivity index (χ1) is 12.9. The SMILES string of the molecule is CON(C)S(=O)(=O)c1ccc(NS(=O)(=O)c2cc(C(=O)O)c(F)cc2Cl)cc1. The molecule has 13 heteroatoms. The van der Waals surface area contributed by atoms with Crippen molar-refractivity contribution >= 4 is 43.3 Å². The molecule has 0 aliphatic carbocycles. The summed E-state index contributed by atoms with van der Waals surface area (Å²) in [6, 6.07) is 5.78. The van der Waals surface area contributed by atoms with Crippen molar-refractivity contribution in [2.45, 2.75) is 9.79 Å². The molecule has 2 aromatic rings. The summed E-state index contributed by atoms with van der Waals surface area (Å²) in [5, 5.41) is 8.42. The second kappa shape index (κ2) is 8.01. The molecule has 0 aliphatic rings. The zero-order valence-corrected chi connectivity index (χ0v) is 16.8. The van der Waals surface area contributed by atoms with E-state index in [1.807, 2.05) is 0 Å². The van der Waals surface area contributed by atoms with Crippen molar-refractivity contribution in [1.29, 1.82) is 0 Å². The van der Waals surface area contributed by atoms with Crippen LogP contribution >= 0.6 is 11.6 Å². The van der Waals surface area contributed by atoms with Gasteiger partial charge in [0.05, 0.1) is 22.6 Å². The molecule has 0 bridgehead atoms. The van der Waals surface area contributed by atoms with Gasteiger partial charge < -0.3 is 5.11 Å². The summed E-state index contributed by atoms with van der Waals surface area (Å²) >= 11 is 5.74. The molecule has 0 amide bonds. The topological polar surface area (TPSA) is 130 Å². The Kier molecular flexibility index (Phi) is 6.31. The predicted octanol–water partition coefficient (Wildman–Crippen LogP) is 2.16. The molecule has 0 radical (unpaired) electrons. The number of carboxylic acid groups (broad SMARTS) is 1. The Balaban J connectivity index is 2.38. The van der Waals surface area contributed by atoms with Gasteiger partial charge in [0, 0.05) is 12.7 Å². The van der Waals surface area contributed by atoms with Crippen molar-refractivity contribution in [3.05, 3.63) is 52.8 Å². The maximum absolute atomic E-state index is 13.6. The van der Waals surface area contributed by atoms with Crippen molar-refractivity contribution in [3.8, 4) is 0 Å². The van der Waals surface area contributed by atoms with E-state index in [-0.39, 0.29) is 10.6 Å². The van der Waals surface area contributed by atoms with Gasteiger partial charge in [-0.15, -0.1) is 0 Å². The normalized spacial score (nSPS) is 12.2. The third-order valence-corrected chi connectivity index (χ3v) is 7.08. The summed E-state index contributed by atoms with van der Waals surface area (Å²) in [6.45, 7) is 0. The fraction of sp³-hybridized carbons (Fsp3) is 0.133. The molecule has 0 saturated heterocycles. The van der Waals surface area contributed by atoms with Crippen LogP contribution in [0.2, 0.25) is 5.02 Å². The molecule has 0 saturated carbocycles. The Labute approximate surface area is 165 Å². The Hall–Kier alpha value is -2.25. The van der Waals surface area contributed by atoms with Crippen LogP contribution in [0, 0.1) is 5.82 Å². The summed E-state index contributed by atoms with van der Waals surface area (Å²) in [7, 11) is -5.96. The molecule has 0 atom stereocenters. The Morgan fingerprint density at radius 3 is 2.25 bits per heavy atom. The quantitative estimate of drug-likeness (QED) is 0.615. The summed E-state index contributed by atoms with van der Waals surface area (Å²) in [4.78, 5) is 14.8. The van der Waals surface area contributed by atoms with Crippen molar-refractivity contribution in [1.82, 2.24) is 4.47 Å². The minimum Gasteiger partial charge on any atom is -0.478 e. The number of nitrogens with one attached hydrogen (secondary N) is 1. The molecule has 9 nitrogen and oxygen atoms in total. The Morgan fingerprint density at radius 2 is 1.75 bits per heavy atom. The van der Waals surface area contributed by atoms with Gasteiger partial charge in [0.15, 0.2) is 0 Å². The highest BCUT2D eigenvalue weighted by molar-refractivity contribution is 7.92. The Bertz CT molecular complexity index is 1120. The average molecular weight is 453 g/mol. The monoisotopic (exact) mass is 452 g/mol. The molecule has 2 aromatic carbocycles. The Morgan fingerprint density at radius 1 is 1.18 bits per heavy atom. The maximum Gasteiger partial charge on any atom is 0.338 e. The van der Waals surface area contributed by atoms with Crippen molar-refractivity contribution in [3.63, 3.8) is 0 Å². The van der Waals surface area contributed by atoms with Crippen LogP contribution < -0.4 is 4.72 Å². The molecule has 0 unspecified atom stereocenters. The molecular weight excluding hydrogens is 439 g/mol. The number of nitrogens with zero attached hydrogens (tertiary/aromatic N) is 1. The van der Waals surface area contributed by atoms with E-state index in [0.717, 1.165) is 19.2 Å². The second-order valence-corrected chi connectivity index (χ2v) is 9.29. The number of hydroxylamine groups is 1. The molecule has 0 heterocycles. The lowest BCUT2D eigenvalue weighted by Crippen LogP contribution is -2.25. The number of hydrogen-bond acceptors (Lipinski definition) is 6. The van der Waals surface area contributed by atoms with Gasteiger partial charge in [-0.25, -0.2) is 26.0 Å². The molecule has 28 heavy (non-hydrogen) atoms. The lowest BCUT2D eigenvalue weighted by Gasteiger charge is -2.15. The van der Waals surface area contributed by atoms with Gasteiger partial charge in [0.1, 0.15) is 10.7 Å². The minimum atomic E-state index is -4.38. The third-order valence-electron chi connectivity index (χ3n) is 3.54. The number of carboxylic acids is 1. The summed E-state index contributed by atoms with van der Waals surface area (Å²) in [5.41, 5.74) is -0.898. The van der Waals surface area contributed by atoms with Gasteiger partial charge in [-0.05, 0) is 36.4 Å². The van der Waals surface area contributed by atoms with Crippen molar-refractivity contribution in [2.75, 3.05) is 18.9 Å². The first kappa shape index (κ1) is 22.0. The van der Waals surface area contributed by atoms with E-state index in [2.05, 4.69) is 9.56 Å². The lowest BCUT2D eigenvalue weighted by molar-refractivity contribution is -0.0258. The van der Waals surface area contributed by atoms with Crippen LogP contribution in [-0.4, -0.2) is 46.5 Å². The average Bonchev–Trinajstić information content (AvgIpc) is 2.60. The number of rotatable bonds is 7. The van der Waals surface area contributed by atoms with E-state index < -0.39 is 47.3 Å². The number of benzene rings is 2. The predicted molar refractivity (Wildman–Crippen MR) is 97.6 cm³/mol. The van der Waals surface area contributed by atoms with E-state index >= 15 is 0 Å². The van der Waals surface area contributed by atoms with Crippen LogP contribution in [0.4, 0.5) is 10.1 Å². The van der Waals surface area contributed by atoms with Crippen LogP contribution in [0.1, 0.15) is 10.4 Å². The highest BCUT2D eigenvalue weighted by Crippen LogP contribution is 2.27. The lowest BCUT2D eigenvalue weighted by atomic mass is 10.2. The summed E-state index contributed by atoms with van der Waals surface area (Å²) < 4.78 is 65.5. The molecule has 0 aromatic heterocycles. The van der Waals surface area contributed by atoms with Crippen molar-refractivity contribution < 1.29 is 36.0 Å². The molecular formula is C15H14ClFN2O7S2. The first-order valence-corrected chi connectivity index (χ1v) is 10.6. The largest absolute Gasteiger partial charge is 0.478 e. The van der Waals surface area contributed by atoms with Crippen LogP contribution in [0.3, 0.4) is 0 Å². The van der Waals surface area contributed by atoms with Crippen LogP contribution in [0.5, 0.6) is 0 Å². The molecule has 152 valence electrons. The molecule has 0 fully saturated rings. The van der Waals surface area contributed by atoms with Gasteiger partial charge in [0.2, 0.25) is 0 Å². The number of carbonyl (C=O) groups is 1. The van der Waals surface area contributed by atoms with Gasteiger partial charge in [-0.2, -0.15) is 0 Å². The minimum absolute atomic E-state index is 0.0312. The standard InChI is InChI=1S/C15H14ClFN2O7S2/c1-19(26-2)28(24,25)10-5-3-9(4-6-10)18-27(22,23)14-7-11(15(20)21)13(17)8-12(14)16/h3-8,18H,1-2H3,(H,20,21). The van der Waals surface area contributed by atoms with E-state index in [1.54, 1.807) is 0 Å². The van der Waals surface area contributed by atoms with Crippen LogP contribution in [-0.2, 0) is 24.9 Å². The highest BCUT2D eigenvalue weighted by Gasteiger charge is 2.24. The zero-order chi connectivity index (χ0) is 21.3. The fourth-order valence-corrected chi connectivity index (χ4v) is 4.62. The highest BCUT2D eigenvalue weighted by atomic mass is 35.5. The maximum atomic E-state index is 13.6. The smallest absolute Gasteiger partial charge is 0.338 e. The first-order valence-electron chi connectivity index (χ1n) is 7.28. The van der Waals surface area contributed by atoms with E-state index in [1.165, 1.54) is 19.2 Å². The molecule has 0 aliphatic heterocycles. The number of anilines is 1. The number of hydrogen-bond donors (Lipinski definition) is 2. The zero-order valence-electron chi connectivity index (χ0n) is 14.4. The molecule has 2 N–H and O–H groups in total. The second-order valence-electron chi connectivity index (χ2n) is 5.29. The van der Waals surface area contributed by atoms with E-state index in [9.17, 15) is 26.0 Å². The molecule has 0 spiro atoms. The van der Waals surface area contributed by atoms with Gasteiger partial charge >= 0.3 is 5.97 Å². The van der Waals surface area contributed by atoms with E-state index in [0.29, 0.717) is 16.6 Å².